The van der Waals surface area contributed by atoms with E-state index in [1.165, 1.54) is 26.2 Å². The second kappa shape index (κ2) is 6.46. The zero-order chi connectivity index (χ0) is 14.5. The summed E-state index contributed by atoms with van der Waals surface area (Å²) in [5, 5.41) is 32.2. The van der Waals surface area contributed by atoms with Gasteiger partial charge in [-0.1, -0.05) is 0 Å². The fourth-order valence-electron chi connectivity index (χ4n) is 1.50. The molecule has 1 aromatic rings. The van der Waals surface area contributed by atoms with Crippen molar-refractivity contribution in [3.8, 4) is 5.75 Å². The maximum atomic E-state index is 10.8. The zero-order valence-electron chi connectivity index (χ0n) is 10.9. The summed E-state index contributed by atoms with van der Waals surface area (Å²) in [5.41, 5.74) is -0.602. The predicted octanol–water partition coefficient (Wildman–Crippen LogP) is 0.436. The number of nitro benzene ring substituents is 1. The standard InChI is InChI=1S/C12H18N2O5/c1-12(16,8-15)7-13-6-9-3-10(14(17)18)5-11(4-9)19-2/h3-5,13,15-16H,6-8H2,1-2H3. The normalized spacial score (nSPS) is 13.9. The second-order valence-electron chi connectivity index (χ2n) is 4.56. The quantitative estimate of drug-likeness (QED) is 0.490. The van der Waals surface area contributed by atoms with Crippen molar-refractivity contribution in [2.24, 2.45) is 0 Å². The highest BCUT2D eigenvalue weighted by atomic mass is 16.6. The van der Waals surface area contributed by atoms with Gasteiger partial charge in [-0.05, 0) is 18.6 Å². The van der Waals surface area contributed by atoms with E-state index in [1.54, 1.807) is 6.07 Å². The number of nitrogens with zero attached hydrogens (tertiary/aromatic N) is 1. The molecule has 0 radical (unpaired) electrons. The summed E-state index contributed by atoms with van der Waals surface area (Å²) < 4.78 is 4.99. The molecule has 106 valence electrons. The topological polar surface area (TPSA) is 105 Å². The van der Waals surface area contributed by atoms with E-state index >= 15 is 0 Å². The fraction of sp³-hybridized carbons (Fsp3) is 0.500. The molecule has 0 heterocycles. The minimum Gasteiger partial charge on any atom is -0.496 e. The molecule has 0 aliphatic carbocycles. The van der Waals surface area contributed by atoms with Crippen LogP contribution in [-0.2, 0) is 6.54 Å². The molecule has 0 fully saturated rings. The molecule has 7 nitrogen and oxygen atoms in total. The Labute approximate surface area is 111 Å². The van der Waals surface area contributed by atoms with Gasteiger partial charge in [0.15, 0.2) is 0 Å². The second-order valence-corrected chi connectivity index (χ2v) is 4.56. The first-order chi connectivity index (χ1) is 8.88. The third-order valence-corrected chi connectivity index (χ3v) is 2.57. The van der Waals surface area contributed by atoms with Crippen molar-refractivity contribution in [1.82, 2.24) is 5.32 Å². The van der Waals surface area contributed by atoms with Gasteiger partial charge in [0.25, 0.3) is 5.69 Å². The summed E-state index contributed by atoms with van der Waals surface area (Å²) in [6, 6.07) is 4.45. The molecule has 3 N–H and O–H groups in total. The molecule has 0 saturated carbocycles. The highest BCUT2D eigenvalue weighted by Crippen LogP contribution is 2.22. The maximum absolute atomic E-state index is 10.8. The van der Waals surface area contributed by atoms with Crippen molar-refractivity contribution in [3.63, 3.8) is 0 Å². The average Bonchev–Trinajstić information content (AvgIpc) is 2.38. The number of aliphatic hydroxyl groups is 2. The summed E-state index contributed by atoms with van der Waals surface area (Å²) in [6.07, 6.45) is 0. The van der Waals surface area contributed by atoms with Crippen molar-refractivity contribution in [1.29, 1.82) is 0 Å². The molecule has 0 spiro atoms. The number of benzene rings is 1. The summed E-state index contributed by atoms with van der Waals surface area (Å²) in [4.78, 5) is 10.3. The van der Waals surface area contributed by atoms with Crippen molar-refractivity contribution in [3.05, 3.63) is 33.9 Å². The van der Waals surface area contributed by atoms with Gasteiger partial charge in [0.2, 0.25) is 0 Å². The third kappa shape index (κ3) is 4.82. The number of nitrogens with one attached hydrogen (secondary N) is 1. The van der Waals surface area contributed by atoms with E-state index in [0.29, 0.717) is 17.9 Å². The maximum Gasteiger partial charge on any atom is 0.273 e. The number of hydrogen-bond donors (Lipinski definition) is 3. The molecule has 0 aromatic heterocycles. The van der Waals surface area contributed by atoms with Crippen molar-refractivity contribution < 1.29 is 19.9 Å². The van der Waals surface area contributed by atoms with E-state index in [-0.39, 0.29) is 18.8 Å². The third-order valence-electron chi connectivity index (χ3n) is 2.57. The fourth-order valence-corrected chi connectivity index (χ4v) is 1.50. The lowest BCUT2D eigenvalue weighted by atomic mass is 10.1. The van der Waals surface area contributed by atoms with Crippen LogP contribution in [0.1, 0.15) is 12.5 Å². The minimum atomic E-state index is -1.22. The Bertz CT molecular complexity index is 448. The predicted molar refractivity (Wildman–Crippen MR) is 69.1 cm³/mol. The molecule has 1 rings (SSSR count). The van der Waals surface area contributed by atoms with E-state index in [1.807, 2.05) is 0 Å². The van der Waals surface area contributed by atoms with Crippen LogP contribution in [0.4, 0.5) is 5.69 Å². The molecule has 0 saturated heterocycles. The van der Waals surface area contributed by atoms with Gasteiger partial charge in [-0.25, -0.2) is 0 Å². The Hall–Kier alpha value is -1.70. The van der Waals surface area contributed by atoms with Gasteiger partial charge in [0.05, 0.1) is 30.3 Å². The summed E-state index contributed by atoms with van der Waals surface area (Å²) in [5.74, 6) is 0.403. The molecule has 1 unspecified atom stereocenters. The van der Waals surface area contributed by atoms with Crippen LogP contribution in [-0.4, -0.2) is 41.0 Å². The zero-order valence-corrected chi connectivity index (χ0v) is 10.9. The molecule has 19 heavy (non-hydrogen) atoms. The van der Waals surface area contributed by atoms with E-state index in [2.05, 4.69) is 5.32 Å². The molecular weight excluding hydrogens is 252 g/mol. The van der Waals surface area contributed by atoms with Crippen molar-refractivity contribution in [2.75, 3.05) is 20.3 Å². The van der Waals surface area contributed by atoms with Crippen LogP contribution >= 0.6 is 0 Å². The Morgan fingerprint density at radius 2 is 2.16 bits per heavy atom. The molecule has 0 aliphatic heterocycles. The molecular formula is C12H18N2O5. The lowest BCUT2D eigenvalue weighted by Gasteiger charge is -2.20. The van der Waals surface area contributed by atoms with Gasteiger partial charge < -0.3 is 20.3 Å². The number of rotatable bonds is 7. The van der Waals surface area contributed by atoms with E-state index in [0.717, 1.165) is 0 Å². The highest BCUT2D eigenvalue weighted by Gasteiger charge is 2.18. The van der Waals surface area contributed by atoms with Crippen LogP contribution in [0.3, 0.4) is 0 Å². The largest absolute Gasteiger partial charge is 0.496 e. The first kappa shape index (κ1) is 15.4. The van der Waals surface area contributed by atoms with Crippen LogP contribution in [0.25, 0.3) is 0 Å². The highest BCUT2D eigenvalue weighted by molar-refractivity contribution is 5.42. The van der Waals surface area contributed by atoms with E-state index in [4.69, 9.17) is 9.84 Å². The number of hydrogen-bond acceptors (Lipinski definition) is 6. The van der Waals surface area contributed by atoms with Crippen molar-refractivity contribution >= 4 is 5.69 Å². The average molecular weight is 270 g/mol. The van der Waals surface area contributed by atoms with Crippen LogP contribution in [0.2, 0.25) is 0 Å². The van der Waals surface area contributed by atoms with Crippen LogP contribution < -0.4 is 10.1 Å². The molecule has 1 aromatic carbocycles. The van der Waals surface area contributed by atoms with Gasteiger partial charge in [-0.2, -0.15) is 0 Å². The first-order valence-electron chi connectivity index (χ1n) is 5.74. The van der Waals surface area contributed by atoms with Crippen LogP contribution in [0.15, 0.2) is 18.2 Å². The first-order valence-corrected chi connectivity index (χ1v) is 5.74. The van der Waals surface area contributed by atoms with Gasteiger partial charge in [0.1, 0.15) is 5.75 Å². The molecule has 0 bridgehead atoms. The van der Waals surface area contributed by atoms with Gasteiger partial charge >= 0.3 is 0 Å². The van der Waals surface area contributed by atoms with Gasteiger partial charge in [-0.15, -0.1) is 0 Å². The molecule has 0 aliphatic rings. The van der Waals surface area contributed by atoms with Crippen molar-refractivity contribution in [2.45, 2.75) is 19.1 Å². The van der Waals surface area contributed by atoms with Gasteiger partial charge in [0, 0.05) is 19.2 Å². The van der Waals surface area contributed by atoms with E-state index in [9.17, 15) is 15.2 Å². The Morgan fingerprint density at radius 1 is 1.47 bits per heavy atom. The molecule has 1 atom stereocenters. The Morgan fingerprint density at radius 3 is 2.68 bits per heavy atom. The van der Waals surface area contributed by atoms with E-state index < -0.39 is 10.5 Å². The number of aliphatic hydroxyl groups excluding tert-OH is 1. The number of methoxy groups -OCH3 is 1. The monoisotopic (exact) mass is 270 g/mol. The van der Waals surface area contributed by atoms with Crippen LogP contribution in [0, 0.1) is 10.1 Å². The number of non-ortho nitro benzene ring substituents is 1. The van der Waals surface area contributed by atoms with Gasteiger partial charge in [-0.3, -0.25) is 10.1 Å². The SMILES string of the molecule is COc1cc(CNCC(C)(O)CO)cc([N+](=O)[O-])c1. The molecule has 7 heteroatoms. The summed E-state index contributed by atoms with van der Waals surface area (Å²) in [6.45, 7) is 1.63. The summed E-state index contributed by atoms with van der Waals surface area (Å²) in [7, 11) is 1.44. The smallest absolute Gasteiger partial charge is 0.273 e. The summed E-state index contributed by atoms with van der Waals surface area (Å²) >= 11 is 0. The number of nitro groups is 1. The lowest BCUT2D eigenvalue weighted by molar-refractivity contribution is -0.385. The lowest BCUT2D eigenvalue weighted by Crippen LogP contribution is -2.40. The number of ether oxygens (including phenoxy) is 1. The molecule has 0 amide bonds. The Balaban J connectivity index is 2.72. The Kier molecular flexibility index (Phi) is 5.22. The minimum absolute atomic E-state index is 0.0509. The van der Waals surface area contributed by atoms with Crippen LogP contribution in [0.5, 0.6) is 5.75 Å².